The number of anilines is 1. The molecule has 0 saturated carbocycles. The van der Waals surface area contributed by atoms with E-state index >= 15 is 0 Å². The van der Waals surface area contributed by atoms with E-state index in [1.165, 1.54) is 16.8 Å². The maximum atomic E-state index is 9.50. The van der Waals surface area contributed by atoms with Crippen LogP contribution in [-0.4, -0.2) is 23.8 Å². The van der Waals surface area contributed by atoms with Gasteiger partial charge in [0.25, 0.3) is 0 Å². The summed E-state index contributed by atoms with van der Waals surface area (Å²) in [5.41, 5.74) is 4.35. The highest BCUT2D eigenvalue weighted by Gasteiger charge is 2.35. The second-order valence-electron chi connectivity index (χ2n) is 6.45. The first-order chi connectivity index (χ1) is 8.99. The number of aliphatic hydroxyl groups is 1. The number of piperidine rings is 1. The van der Waals surface area contributed by atoms with E-state index in [1.807, 2.05) is 0 Å². The standard InChI is InChI=1S/C17H27NO/c1-5-15-8-6-7-13(2)16(15)18-11-14(12-19)9-10-17(18,3)4/h6-8,14,19H,5,9-12H2,1-4H3. The molecule has 1 heterocycles. The minimum atomic E-state index is 0.182. The lowest BCUT2D eigenvalue weighted by Crippen LogP contribution is -2.52. The van der Waals surface area contributed by atoms with Crippen molar-refractivity contribution in [1.29, 1.82) is 0 Å². The van der Waals surface area contributed by atoms with Gasteiger partial charge < -0.3 is 10.0 Å². The second kappa shape index (κ2) is 5.54. The molecule has 2 rings (SSSR count). The topological polar surface area (TPSA) is 23.5 Å². The minimum Gasteiger partial charge on any atom is -0.396 e. The second-order valence-corrected chi connectivity index (χ2v) is 6.45. The molecule has 19 heavy (non-hydrogen) atoms. The summed E-state index contributed by atoms with van der Waals surface area (Å²) in [6.07, 6.45) is 3.34. The average molecular weight is 261 g/mol. The third kappa shape index (κ3) is 2.79. The van der Waals surface area contributed by atoms with E-state index in [0.29, 0.717) is 12.5 Å². The molecular formula is C17H27NO. The van der Waals surface area contributed by atoms with Gasteiger partial charge in [0.2, 0.25) is 0 Å². The van der Waals surface area contributed by atoms with E-state index in [-0.39, 0.29) is 5.54 Å². The Labute approximate surface area is 117 Å². The summed E-state index contributed by atoms with van der Waals surface area (Å²) in [5.74, 6) is 0.414. The van der Waals surface area contributed by atoms with Crippen LogP contribution in [0.3, 0.4) is 0 Å². The number of para-hydroxylation sites is 1. The summed E-state index contributed by atoms with van der Waals surface area (Å²) in [4.78, 5) is 2.53. The van der Waals surface area contributed by atoms with Crippen LogP contribution in [0.5, 0.6) is 0 Å². The van der Waals surface area contributed by atoms with Crippen LogP contribution in [0.4, 0.5) is 5.69 Å². The van der Waals surface area contributed by atoms with Gasteiger partial charge in [-0.25, -0.2) is 0 Å². The third-order valence-electron chi connectivity index (χ3n) is 4.57. The highest BCUT2D eigenvalue weighted by Crippen LogP contribution is 2.38. The van der Waals surface area contributed by atoms with Crippen molar-refractivity contribution in [2.45, 2.75) is 52.5 Å². The fourth-order valence-electron chi connectivity index (χ4n) is 3.22. The Hall–Kier alpha value is -1.02. The molecule has 0 aromatic heterocycles. The van der Waals surface area contributed by atoms with Gasteiger partial charge in [0, 0.05) is 24.4 Å². The Bertz CT molecular complexity index is 439. The predicted molar refractivity (Wildman–Crippen MR) is 81.8 cm³/mol. The van der Waals surface area contributed by atoms with E-state index in [1.54, 1.807) is 0 Å². The predicted octanol–water partition coefficient (Wildman–Crippen LogP) is 3.54. The summed E-state index contributed by atoms with van der Waals surface area (Å²) >= 11 is 0. The summed E-state index contributed by atoms with van der Waals surface area (Å²) in [6.45, 7) is 10.4. The van der Waals surface area contributed by atoms with E-state index in [9.17, 15) is 5.11 Å². The van der Waals surface area contributed by atoms with E-state index in [4.69, 9.17) is 0 Å². The lowest BCUT2D eigenvalue weighted by atomic mass is 9.83. The van der Waals surface area contributed by atoms with Gasteiger partial charge in [-0.2, -0.15) is 0 Å². The number of aliphatic hydroxyl groups excluding tert-OH is 1. The molecule has 1 fully saturated rings. The molecule has 0 amide bonds. The number of hydrogen-bond acceptors (Lipinski definition) is 2. The van der Waals surface area contributed by atoms with E-state index < -0.39 is 0 Å². The van der Waals surface area contributed by atoms with Gasteiger partial charge in [0.05, 0.1) is 0 Å². The van der Waals surface area contributed by atoms with Crippen molar-refractivity contribution in [1.82, 2.24) is 0 Å². The highest BCUT2D eigenvalue weighted by atomic mass is 16.3. The van der Waals surface area contributed by atoms with Gasteiger partial charge in [0.1, 0.15) is 0 Å². The molecule has 1 aromatic carbocycles. The van der Waals surface area contributed by atoms with Crippen LogP contribution in [0.25, 0.3) is 0 Å². The van der Waals surface area contributed by atoms with Crippen molar-refractivity contribution in [3.63, 3.8) is 0 Å². The van der Waals surface area contributed by atoms with Crippen molar-refractivity contribution in [2.75, 3.05) is 18.1 Å². The minimum absolute atomic E-state index is 0.182. The highest BCUT2D eigenvalue weighted by molar-refractivity contribution is 5.61. The molecule has 2 nitrogen and oxygen atoms in total. The van der Waals surface area contributed by atoms with E-state index in [0.717, 1.165) is 25.8 Å². The van der Waals surface area contributed by atoms with Gasteiger partial charge in [-0.15, -0.1) is 0 Å². The zero-order valence-electron chi connectivity index (χ0n) is 12.7. The third-order valence-corrected chi connectivity index (χ3v) is 4.57. The normalized spacial score (nSPS) is 22.6. The fraction of sp³-hybridized carbons (Fsp3) is 0.647. The Balaban J connectivity index is 2.42. The number of aryl methyl sites for hydroxylation is 2. The molecule has 1 aromatic rings. The Kier molecular flexibility index (Phi) is 4.19. The monoisotopic (exact) mass is 261 g/mol. The van der Waals surface area contributed by atoms with Crippen molar-refractivity contribution < 1.29 is 5.11 Å². The quantitative estimate of drug-likeness (QED) is 0.899. The van der Waals surface area contributed by atoms with Crippen LogP contribution >= 0.6 is 0 Å². The number of rotatable bonds is 3. The van der Waals surface area contributed by atoms with Crippen molar-refractivity contribution >= 4 is 5.69 Å². The Morgan fingerprint density at radius 3 is 2.74 bits per heavy atom. The number of nitrogens with zero attached hydrogens (tertiary/aromatic N) is 1. The first kappa shape index (κ1) is 14.4. The molecule has 1 unspecified atom stereocenters. The molecule has 0 radical (unpaired) electrons. The zero-order valence-corrected chi connectivity index (χ0v) is 12.7. The molecule has 1 aliphatic rings. The van der Waals surface area contributed by atoms with E-state index in [2.05, 4.69) is 50.8 Å². The summed E-state index contributed by atoms with van der Waals surface area (Å²) in [5, 5.41) is 9.50. The Morgan fingerprint density at radius 1 is 1.37 bits per heavy atom. The molecule has 1 saturated heterocycles. The van der Waals surface area contributed by atoms with Crippen LogP contribution in [0.15, 0.2) is 18.2 Å². The number of hydrogen-bond donors (Lipinski definition) is 1. The summed E-state index contributed by atoms with van der Waals surface area (Å²) in [6, 6.07) is 6.59. The molecule has 0 spiro atoms. The van der Waals surface area contributed by atoms with Crippen molar-refractivity contribution in [3.05, 3.63) is 29.3 Å². The molecular weight excluding hydrogens is 234 g/mol. The fourth-order valence-corrected chi connectivity index (χ4v) is 3.22. The lowest BCUT2D eigenvalue weighted by Gasteiger charge is -2.48. The van der Waals surface area contributed by atoms with Gasteiger partial charge in [-0.1, -0.05) is 25.1 Å². The molecule has 1 atom stereocenters. The summed E-state index contributed by atoms with van der Waals surface area (Å²) in [7, 11) is 0. The lowest BCUT2D eigenvalue weighted by molar-refractivity contribution is 0.181. The van der Waals surface area contributed by atoms with Crippen LogP contribution in [0, 0.1) is 12.8 Å². The Morgan fingerprint density at radius 2 is 2.11 bits per heavy atom. The SMILES string of the molecule is CCc1cccc(C)c1N1CC(CO)CCC1(C)C. The van der Waals surface area contributed by atoms with Crippen LogP contribution in [0.2, 0.25) is 0 Å². The van der Waals surface area contributed by atoms with Crippen LogP contribution in [0.1, 0.15) is 44.7 Å². The molecule has 106 valence electrons. The average Bonchev–Trinajstić information content (AvgIpc) is 2.39. The van der Waals surface area contributed by atoms with Crippen molar-refractivity contribution in [2.24, 2.45) is 5.92 Å². The molecule has 0 bridgehead atoms. The molecule has 0 aliphatic carbocycles. The van der Waals surface area contributed by atoms with Gasteiger partial charge in [-0.05, 0) is 57.1 Å². The molecule has 1 N–H and O–H groups in total. The van der Waals surface area contributed by atoms with Crippen molar-refractivity contribution in [3.8, 4) is 0 Å². The number of benzene rings is 1. The maximum Gasteiger partial charge on any atom is 0.0476 e. The smallest absolute Gasteiger partial charge is 0.0476 e. The van der Waals surface area contributed by atoms with Crippen LogP contribution < -0.4 is 4.90 Å². The van der Waals surface area contributed by atoms with Gasteiger partial charge in [0.15, 0.2) is 0 Å². The van der Waals surface area contributed by atoms with Crippen LogP contribution in [-0.2, 0) is 6.42 Å². The first-order valence-electron chi connectivity index (χ1n) is 7.46. The molecule has 2 heteroatoms. The largest absolute Gasteiger partial charge is 0.396 e. The molecule has 1 aliphatic heterocycles. The zero-order chi connectivity index (χ0) is 14.0. The van der Waals surface area contributed by atoms with Gasteiger partial charge >= 0.3 is 0 Å². The first-order valence-corrected chi connectivity index (χ1v) is 7.46. The maximum absolute atomic E-state index is 9.50. The summed E-state index contributed by atoms with van der Waals surface area (Å²) < 4.78 is 0. The van der Waals surface area contributed by atoms with Gasteiger partial charge in [-0.3, -0.25) is 0 Å².